The summed E-state index contributed by atoms with van der Waals surface area (Å²) in [6, 6.07) is 6.39. The number of benzene rings is 1. The summed E-state index contributed by atoms with van der Waals surface area (Å²) < 4.78 is 32.8. The first-order valence-electron chi connectivity index (χ1n) is 10.2. The summed E-state index contributed by atoms with van der Waals surface area (Å²) in [6.07, 6.45) is 4.86. The average molecular weight is 419 g/mol. The van der Waals surface area contributed by atoms with E-state index in [0.717, 1.165) is 32.1 Å². The van der Waals surface area contributed by atoms with E-state index in [-0.39, 0.29) is 22.6 Å². The molecule has 2 aliphatic rings. The van der Waals surface area contributed by atoms with Crippen LogP contribution in [0.1, 0.15) is 49.7 Å². The Morgan fingerprint density at radius 1 is 1.00 bits per heavy atom. The fourth-order valence-electron chi connectivity index (χ4n) is 3.80. The molecule has 0 radical (unpaired) electrons. The lowest BCUT2D eigenvalue weighted by Gasteiger charge is -2.29. The van der Waals surface area contributed by atoms with E-state index in [2.05, 4.69) is 17.1 Å². The minimum atomic E-state index is -3.50. The molecule has 0 aliphatic carbocycles. The molecule has 0 saturated carbocycles. The molecule has 1 aromatic carbocycles. The van der Waals surface area contributed by atoms with Crippen molar-refractivity contribution in [2.45, 2.75) is 43.9 Å². The summed E-state index contributed by atoms with van der Waals surface area (Å²) in [5, 5.41) is 7.85. The van der Waals surface area contributed by atoms with E-state index < -0.39 is 10.0 Å². The maximum absolute atomic E-state index is 12.8. The minimum absolute atomic E-state index is 0.0268. The Balaban J connectivity index is 1.48. The molecule has 2 aromatic rings. The van der Waals surface area contributed by atoms with E-state index in [4.69, 9.17) is 4.42 Å². The number of hydrogen-bond donors (Lipinski definition) is 0. The van der Waals surface area contributed by atoms with E-state index >= 15 is 0 Å². The Hall–Kier alpha value is -2.26. The van der Waals surface area contributed by atoms with Gasteiger partial charge in [-0.1, -0.05) is 6.92 Å². The monoisotopic (exact) mass is 418 g/mol. The number of nitrogens with zero attached hydrogens (tertiary/aromatic N) is 4. The first kappa shape index (κ1) is 20.0. The second-order valence-corrected chi connectivity index (χ2v) is 9.81. The summed E-state index contributed by atoms with van der Waals surface area (Å²) in [6.45, 7) is 4.66. The highest BCUT2D eigenvalue weighted by molar-refractivity contribution is 7.89. The third-order valence-electron chi connectivity index (χ3n) is 5.73. The lowest BCUT2D eigenvalue weighted by molar-refractivity contribution is 0.0684. The summed E-state index contributed by atoms with van der Waals surface area (Å²) in [7, 11) is -3.50. The van der Waals surface area contributed by atoms with Crippen LogP contribution in [0, 0.1) is 5.92 Å². The van der Waals surface area contributed by atoms with E-state index in [1.165, 1.54) is 0 Å². The third kappa shape index (κ3) is 4.20. The van der Waals surface area contributed by atoms with Crippen molar-refractivity contribution in [2.24, 2.45) is 5.92 Å². The molecule has 156 valence electrons. The molecule has 4 rings (SSSR count). The fourth-order valence-corrected chi connectivity index (χ4v) is 5.27. The second kappa shape index (κ2) is 8.23. The smallest absolute Gasteiger partial charge is 0.311 e. The van der Waals surface area contributed by atoms with Gasteiger partial charge in [-0.15, -0.1) is 10.2 Å². The molecule has 0 atom stereocenters. The van der Waals surface area contributed by atoms with Crippen molar-refractivity contribution in [2.75, 3.05) is 26.2 Å². The fraction of sp³-hybridized carbons (Fsp3) is 0.550. The van der Waals surface area contributed by atoms with Crippen LogP contribution in [0.3, 0.4) is 0 Å². The normalized spacial score (nSPS) is 19.4. The molecular weight excluding hydrogens is 392 g/mol. The quantitative estimate of drug-likeness (QED) is 0.757. The Bertz CT molecular complexity index is 957. The summed E-state index contributed by atoms with van der Waals surface area (Å²) in [4.78, 5) is 14.5. The topological polar surface area (TPSA) is 96.6 Å². The van der Waals surface area contributed by atoms with Crippen LogP contribution in [0.4, 0.5) is 0 Å². The molecule has 0 bridgehead atoms. The van der Waals surface area contributed by atoms with Gasteiger partial charge in [0.25, 0.3) is 0 Å². The Kier molecular flexibility index (Phi) is 5.69. The van der Waals surface area contributed by atoms with Gasteiger partial charge in [-0.3, -0.25) is 4.79 Å². The first-order valence-corrected chi connectivity index (χ1v) is 11.6. The minimum Gasteiger partial charge on any atom is -0.412 e. The summed E-state index contributed by atoms with van der Waals surface area (Å²) in [5.41, 5.74) is 0.585. The first-order chi connectivity index (χ1) is 13.9. The number of aromatic nitrogens is 2. The van der Waals surface area contributed by atoms with Gasteiger partial charge in [-0.25, -0.2) is 8.42 Å². The van der Waals surface area contributed by atoms with E-state index in [0.29, 0.717) is 37.7 Å². The molecule has 2 saturated heterocycles. The zero-order valence-electron chi connectivity index (χ0n) is 16.6. The number of carbonyl (C=O) groups is 1. The Morgan fingerprint density at radius 3 is 2.31 bits per heavy atom. The van der Waals surface area contributed by atoms with Crippen LogP contribution in [0.2, 0.25) is 0 Å². The van der Waals surface area contributed by atoms with Crippen molar-refractivity contribution < 1.29 is 17.6 Å². The Labute approximate surface area is 171 Å². The van der Waals surface area contributed by atoms with Gasteiger partial charge in [0, 0.05) is 31.7 Å². The SMILES string of the molecule is CC1CCN(S(=O)(=O)c2ccc(-c3nnc(C(=O)N4CCCCC4)o3)cc2)CC1. The molecule has 3 heterocycles. The molecular formula is C20H26N4O4S. The van der Waals surface area contributed by atoms with Crippen LogP contribution in [-0.4, -0.2) is 59.9 Å². The Morgan fingerprint density at radius 2 is 1.66 bits per heavy atom. The van der Waals surface area contributed by atoms with Gasteiger partial charge in [-0.05, 0) is 62.3 Å². The molecule has 2 fully saturated rings. The zero-order valence-corrected chi connectivity index (χ0v) is 17.4. The van der Waals surface area contributed by atoms with Crippen LogP contribution in [-0.2, 0) is 10.0 Å². The molecule has 0 N–H and O–H groups in total. The lowest BCUT2D eigenvalue weighted by atomic mass is 10.0. The molecule has 9 heteroatoms. The van der Waals surface area contributed by atoms with Crippen LogP contribution in [0.15, 0.2) is 33.6 Å². The molecule has 1 aromatic heterocycles. The highest BCUT2D eigenvalue weighted by Crippen LogP contribution is 2.26. The third-order valence-corrected chi connectivity index (χ3v) is 7.65. The summed E-state index contributed by atoms with van der Waals surface area (Å²) >= 11 is 0. The predicted molar refractivity (Wildman–Crippen MR) is 107 cm³/mol. The van der Waals surface area contributed by atoms with Gasteiger partial charge in [0.15, 0.2) is 0 Å². The van der Waals surface area contributed by atoms with Gasteiger partial charge in [-0.2, -0.15) is 4.31 Å². The zero-order chi connectivity index (χ0) is 20.4. The number of piperidine rings is 2. The van der Waals surface area contributed by atoms with Gasteiger partial charge in [0.1, 0.15) is 0 Å². The number of likely N-dealkylation sites (tertiary alicyclic amines) is 1. The van der Waals surface area contributed by atoms with Crippen LogP contribution >= 0.6 is 0 Å². The molecule has 29 heavy (non-hydrogen) atoms. The molecule has 0 unspecified atom stereocenters. The van der Waals surface area contributed by atoms with Crippen molar-refractivity contribution in [3.05, 3.63) is 30.2 Å². The van der Waals surface area contributed by atoms with Gasteiger partial charge >= 0.3 is 11.8 Å². The maximum Gasteiger partial charge on any atom is 0.311 e. The van der Waals surface area contributed by atoms with Crippen LogP contribution < -0.4 is 0 Å². The number of rotatable bonds is 4. The predicted octanol–water partition coefficient (Wildman–Crippen LogP) is 2.78. The van der Waals surface area contributed by atoms with Crippen molar-refractivity contribution in [3.63, 3.8) is 0 Å². The van der Waals surface area contributed by atoms with E-state index in [1.807, 2.05) is 0 Å². The number of amides is 1. The van der Waals surface area contributed by atoms with E-state index in [9.17, 15) is 13.2 Å². The van der Waals surface area contributed by atoms with E-state index in [1.54, 1.807) is 33.5 Å². The van der Waals surface area contributed by atoms with Crippen LogP contribution in [0.5, 0.6) is 0 Å². The van der Waals surface area contributed by atoms with Gasteiger partial charge in [0.2, 0.25) is 15.9 Å². The molecule has 2 aliphatic heterocycles. The number of sulfonamides is 1. The number of carbonyl (C=O) groups excluding carboxylic acids is 1. The van der Waals surface area contributed by atoms with Crippen molar-refractivity contribution in [1.29, 1.82) is 0 Å². The largest absolute Gasteiger partial charge is 0.412 e. The number of hydrogen-bond acceptors (Lipinski definition) is 6. The van der Waals surface area contributed by atoms with Crippen molar-refractivity contribution in [3.8, 4) is 11.5 Å². The second-order valence-electron chi connectivity index (χ2n) is 7.88. The molecule has 1 amide bonds. The lowest BCUT2D eigenvalue weighted by Crippen LogP contribution is -2.37. The van der Waals surface area contributed by atoms with Crippen molar-refractivity contribution >= 4 is 15.9 Å². The summed E-state index contributed by atoms with van der Waals surface area (Å²) in [5.74, 6) is 0.493. The highest BCUT2D eigenvalue weighted by Gasteiger charge is 2.28. The average Bonchev–Trinajstić information content (AvgIpc) is 3.24. The maximum atomic E-state index is 12.8. The molecule has 8 nitrogen and oxygen atoms in total. The van der Waals surface area contributed by atoms with Crippen molar-refractivity contribution in [1.82, 2.24) is 19.4 Å². The van der Waals surface area contributed by atoms with Crippen LogP contribution in [0.25, 0.3) is 11.5 Å². The standard InChI is InChI=1S/C20H26N4O4S/c1-15-9-13-24(14-10-15)29(26,27)17-7-5-16(6-8-17)18-21-22-19(28-18)20(25)23-11-3-2-4-12-23/h5-8,15H,2-4,9-14H2,1H3. The molecule has 0 spiro atoms. The van der Waals surface area contributed by atoms with Gasteiger partial charge < -0.3 is 9.32 Å². The highest BCUT2D eigenvalue weighted by atomic mass is 32.2. The van der Waals surface area contributed by atoms with Gasteiger partial charge in [0.05, 0.1) is 4.90 Å².